The van der Waals surface area contributed by atoms with Crippen molar-refractivity contribution in [3.8, 4) is 73.3 Å². The number of rotatable bonds is 6. The van der Waals surface area contributed by atoms with Crippen LogP contribution in [0.15, 0.2) is 121 Å². The Balaban J connectivity index is 1.60. The lowest BCUT2D eigenvalue weighted by Gasteiger charge is -2.30. The third-order valence-electron chi connectivity index (χ3n) is 8.56. The fourth-order valence-electron chi connectivity index (χ4n) is 5.69. The summed E-state index contributed by atoms with van der Waals surface area (Å²) in [4.78, 5) is 0. The molecule has 0 aliphatic carbocycles. The van der Waals surface area contributed by atoms with Gasteiger partial charge in [-0.1, -0.05) is 80.1 Å². The highest BCUT2D eigenvalue weighted by Crippen LogP contribution is 2.47. The zero-order chi connectivity index (χ0) is 31.9. The summed E-state index contributed by atoms with van der Waals surface area (Å²) in [5.41, 5.74) is 7.92. The molecule has 224 valence electrons. The van der Waals surface area contributed by atoms with Gasteiger partial charge >= 0.3 is 0 Å². The van der Waals surface area contributed by atoms with Crippen molar-refractivity contribution in [2.75, 3.05) is 0 Å². The zero-order valence-electron chi connectivity index (χ0n) is 25.3. The molecule has 6 rings (SSSR count). The average Bonchev–Trinajstić information content (AvgIpc) is 3.03. The Labute approximate surface area is 262 Å². The van der Waals surface area contributed by atoms with Gasteiger partial charge in [-0.25, -0.2) is 0 Å². The van der Waals surface area contributed by atoms with E-state index >= 15 is 0 Å². The predicted octanol–water partition coefficient (Wildman–Crippen LogP) is 9.52. The number of phenols is 5. The molecule has 0 radical (unpaired) electrons. The molecule has 0 fully saturated rings. The van der Waals surface area contributed by atoms with Crippen LogP contribution >= 0.6 is 0 Å². The third-order valence-corrected chi connectivity index (χ3v) is 8.56. The van der Waals surface area contributed by atoms with E-state index in [9.17, 15) is 25.5 Å². The first kappa shape index (κ1) is 29.4. The van der Waals surface area contributed by atoms with Gasteiger partial charge in [0, 0.05) is 27.7 Å². The van der Waals surface area contributed by atoms with Crippen LogP contribution in [0.5, 0.6) is 28.7 Å². The SMILES string of the molecule is Cc1ccc(-c2cc(C(C)(C)c3cc(-c4ccc(O)cc4)c(O)c(-c4ccc(O)cc4)c3)cc(-c3ccc(O)cc3)c2O)cc1. The molecule has 5 nitrogen and oxygen atoms in total. The summed E-state index contributed by atoms with van der Waals surface area (Å²) in [6, 6.07) is 36.1. The smallest absolute Gasteiger partial charge is 0.131 e. The van der Waals surface area contributed by atoms with E-state index in [0.717, 1.165) is 38.9 Å². The number of hydrogen-bond acceptors (Lipinski definition) is 5. The number of hydrogen-bond donors (Lipinski definition) is 5. The molecule has 0 saturated heterocycles. The van der Waals surface area contributed by atoms with Crippen molar-refractivity contribution in [2.24, 2.45) is 0 Å². The van der Waals surface area contributed by atoms with Gasteiger partial charge in [0.2, 0.25) is 0 Å². The molecular formula is C40H34O5. The van der Waals surface area contributed by atoms with Crippen LogP contribution in [-0.4, -0.2) is 25.5 Å². The zero-order valence-corrected chi connectivity index (χ0v) is 25.3. The van der Waals surface area contributed by atoms with Gasteiger partial charge in [0.1, 0.15) is 28.7 Å². The Kier molecular flexibility index (Phi) is 7.47. The first-order valence-electron chi connectivity index (χ1n) is 14.7. The molecule has 0 aliphatic rings. The van der Waals surface area contributed by atoms with Crippen LogP contribution in [0.2, 0.25) is 0 Å². The Bertz CT molecular complexity index is 1710. The molecule has 5 heteroatoms. The molecule has 0 atom stereocenters. The first-order valence-corrected chi connectivity index (χ1v) is 14.7. The highest BCUT2D eigenvalue weighted by molar-refractivity contribution is 5.86. The third kappa shape index (κ3) is 5.68. The maximum atomic E-state index is 11.6. The second-order valence-corrected chi connectivity index (χ2v) is 12.0. The van der Waals surface area contributed by atoms with Crippen LogP contribution < -0.4 is 0 Å². The van der Waals surface area contributed by atoms with E-state index < -0.39 is 5.41 Å². The van der Waals surface area contributed by atoms with Crippen LogP contribution in [0.3, 0.4) is 0 Å². The van der Waals surface area contributed by atoms with Gasteiger partial charge in [-0.2, -0.15) is 0 Å². The maximum absolute atomic E-state index is 11.6. The summed E-state index contributed by atoms with van der Waals surface area (Å²) < 4.78 is 0. The lowest BCUT2D eigenvalue weighted by molar-refractivity contribution is 0.474. The van der Waals surface area contributed by atoms with Crippen LogP contribution in [0, 0.1) is 6.92 Å². The Morgan fingerprint density at radius 3 is 0.889 bits per heavy atom. The van der Waals surface area contributed by atoms with E-state index in [2.05, 4.69) is 13.8 Å². The van der Waals surface area contributed by atoms with Crippen molar-refractivity contribution < 1.29 is 25.5 Å². The number of aromatic hydroxyl groups is 5. The summed E-state index contributed by atoms with van der Waals surface area (Å²) in [7, 11) is 0. The van der Waals surface area contributed by atoms with Gasteiger partial charge in [0.05, 0.1) is 0 Å². The summed E-state index contributed by atoms with van der Waals surface area (Å²) in [5, 5.41) is 53.0. The van der Waals surface area contributed by atoms with Crippen LogP contribution in [0.25, 0.3) is 44.5 Å². The molecule has 0 spiro atoms. The van der Waals surface area contributed by atoms with Crippen molar-refractivity contribution in [3.63, 3.8) is 0 Å². The molecular weight excluding hydrogens is 560 g/mol. The monoisotopic (exact) mass is 594 g/mol. The van der Waals surface area contributed by atoms with E-state index in [-0.39, 0.29) is 28.7 Å². The number of benzene rings is 6. The van der Waals surface area contributed by atoms with E-state index in [1.54, 1.807) is 72.8 Å². The van der Waals surface area contributed by atoms with E-state index in [4.69, 9.17) is 0 Å². The van der Waals surface area contributed by atoms with Crippen molar-refractivity contribution in [1.29, 1.82) is 0 Å². The minimum absolute atomic E-state index is 0.0850. The molecule has 45 heavy (non-hydrogen) atoms. The standard InChI is InChI=1S/C40H34O5/c1-24-4-6-25(7-5-24)34-20-29(21-35(38(34)44)26-8-14-31(41)15-9-26)40(2,3)30-22-36(27-10-16-32(42)17-11-27)39(45)37(23-30)28-12-18-33(43)19-13-28/h4-23,41-45H,1-3H3. The second-order valence-electron chi connectivity index (χ2n) is 12.0. The van der Waals surface area contributed by atoms with Gasteiger partial charge in [-0.3, -0.25) is 0 Å². The van der Waals surface area contributed by atoms with Crippen LogP contribution in [0.4, 0.5) is 0 Å². The van der Waals surface area contributed by atoms with Crippen molar-refractivity contribution in [1.82, 2.24) is 0 Å². The molecule has 0 unspecified atom stereocenters. The fraction of sp³-hybridized carbons (Fsp3) is 0.100. The van der Waals surface area contributed by atoms with Crippen molar-refractivity contribution >= 4 is 0 Å². The summed E-state index contributed by atoms with van der Waals surface area (Å²) in [6.45, 7) is 6.23. The summed E-state index contributed by atoms with van der Waals surface area (Å²) in [5.74, 6) is 0.623. The first-order chi connectivity index (χ1) is 21.5. The second kappa shape index (κ2) is 11.4. The molecule has 0 saturated carbocycles. The van der Waals surface area contributed by atoms with Crippen molar-refractivity contribution in [2.45, 2.75) is 26.2 Å². The van der Waals surface area contributed by atoms with Gasteiger partial charge in [0.15, 0.2) is 0 Å². The highest BCUT2D eigenvalue weighted by Gasteiger charge is 2.29. The van der Waals surface area contributed by atoms with Gasteiger partial charge in [0.25, 0.3) is 0 Å². The largest absolute Gasteiger partial charge is 0.508 e. The topological polar surface area (TPSA) is 101 Å². The van der Waals surface area contributed by atoms with Crippen LogP contribution in [0.1, 0.15) is 30.5 Å². The molecule has 0 amide bonds. The van der Waals surface area contributed by atoms with Gasteiger partial charge in [-0.15, -0.1) is 0 Å². The molecule has 6 aromatic rings. The molecule has 0 heterocycles. The van der Waals surface area contributed by atoms with E-state index in [1.165, 1.54) is 0 Å². The minimum atomic E-state index is -0.635. The quantitative estimate of drug-likeness (QED) is 0.132. The van der Waals surface area contributed by atoms with Gasteiger partial charge < -0.3 is 25.5 Å². The molecule has 6 aromatic carbocycles. The molecule has 0 aliphatic heterocycles. The summed E-state index contributed by atoms with van der Waals surface area (Å²) in [6.07, 6.45) is 0. The molecule has 5 N–H and O–H groups in total. The molecule has 0 aromatic heterocycles. The predicted molar refractivity (Wildman–Crippen MR) is 180 cm³/mol. The van der Waals surface area contributed by atoms with Crippen molar-refractivity contribution in [3.05, 3.63) is 138 Å². The average molecular weight is 595 g/mol. The normalized spacial score (nSPS) is 11.4. The van der Waals surface area contributed by atoms with E-state index in [1.807, 2.05) is 55.5 Å². The van der Waals surface area contributed by atoms with E-state index in [0.29, 0.717) is 22.3 Å². The number of phenolic OH excluding ortho intramolecular Hbond substituents is 5. The minimum Gasteiger partial charge on any atom is -0.508 e. The molecule has 0 bridgehead atoms. The Morgan fingerprint density at radius 1 is 0.378 bits per heavy atom. The summed E-state index contributed by atoms with van der Waals surface area (Å²) >= 11 is 0. The Hall–Kier alpha value is -5.68. The number of aryl methyl sites for hydroxylation is 1. The van der Waals surface area contributed by atoms with Gasteiger partial charge in [-0.05, 0) is 101 Å². The highest BCUT2D eigenvalue weighted by atomic mass is 16.3. The lowest BCUT2D eigenvalue weighted by atomic mass is 9.74. The Morgan fingerprint density at radius 2 is 0.622 bits per heavy atom. The maximum Gasteiger partial charge on any atom is 0.131 e. The lowest BCUT2D eigenvalue weighted by Crippen LogP contribution is -2.19. The van der Waals surface area contributed by atoms with Crippen LogP contribution in [-0.2, 0) is 5.41 Å². The fourth-order valence-corrected chi connectivity index (χ4v) is 5.69.